The Kier molecular flexibility index (Phi) is 6.75. The number of halogens is 1. The van der Waals surface area contributed by atoms with Gasteiger partial charge in [0.1, 0.15) is 5.82 Å². The first-order valence-electron chi connectivity index (χ1n) is 9.21. The second kappa shape index (κ2) is 8.62. The molecule has 0 unspecified atom stereocenters. The maximum Gasteiger partial charge on any atom is 0.251 e. The van der Waals surface area contributed by atoms with Crippen LogP contribution >= 0.6 is 0 Å². The van der Waals surface area contributed by atoms with E-state index in [9.17, 15) is 14.0 Å². The quantitative estimate of drug-likeness (QED) is 0.845. The van der Waals surface area contributed by atoms with Gasteiger partial charge in [0.05, 0.1) is 6.54 Å². The second-order valence-electron chi connectivity index (χ2n) is 8.24. The van der Waals surface area contributed by atoms with Crippen LogP contribution in [0.5, 0.6) is 0 Å². The average Bonchev–Trinajstić information content (AvgIpc) is 2.51. The number of piperidine rings is 1. The van der Waals surface area contributed by atoms with Gasteiger partial charge in [-0.25, -0.2) is 4.39 Å². The lowest BCUT2D eigenvalue weighted by molar-refractivity contribution is -0.124. The summed E-state index contributed by atoms with van der Waals surface area (Å²) in [6.45, 7) is 10.4. The first kappa shape index (κ1) is 20.4. The second-order valence-corrected chi connectivity index (χ2v) is 8.24. The molecule has 1 heterocycles. The summed E-state index contributed by atoms with van der Waals surface area (Å²) in [6, 6.07) is 4.36. The van der Waals surface area contributed by atoms with E-state index < -0.39 is 5.82 Å². The van der Waals surface area contributed by atoms with Crippen LogP contribution in [0.2, 0.25) is 0 Å². The SMILES string of the molecule is Cc1cc(F)cc(C(=O)NCC2CCN(CC(=O)NC(C)(C)C)CC2)c1. The minimum absolute atomic E-state index is 0.0470. The Labute approximate surface area is 155 Å². The Balaban J connectivity index is 1.73. The zero-order valence-corrected chi connectivity index (χ0v) is 16.2. The van der Waals surface area contributed by atoms with Crippen molar-refractivity contribution in [3.8, 4) is 0 Å². The normalized spacial score (nSPS) is 16.3. The zero-order valence-electron chi connectivity index (χ0n) is 16.2. The number of aryl methyl sites for hydroxylation is 1. The summed E-state index contributed by atoms with van der Waals surface area (Å²) < 4.78 is 13.4. The minimum atomic E-state index is -0.392. The largest absolute Gasteiger partial charge is 0.352 e. The molecule has 1 aliphatic heterocycles. The van der Waals surface area contributed by atoms with Gasteiger partial charge in [0.15, 0.2) is 0 Å². The molecule has 0 saturated carbocycles. The van der Waals surface area contributed by atoms with Gasteiger partial charge < -0.3 is 10.6 Å². The lowest BCUT2D eigenvalue weighted by Crippen LogP contribution is -2.48. The first-order chi connectivity index (χ1) is 12.1. The molecule has 0 aliphatic carbocycles. The molecule has 1 aromatic carbocycles. The van der Waals surface area contributed by atoms with Gasteiger partial charge >= 0.3 is 0 Å². The number of hydrogen-bond acceptors (Lipinski definition) is 3. The Morgan fingerprint density at radius 3 is 2.42 bits per heavy atom. The van der Waals surface area contributed by atoms with Crippen LogP contribution < -0.4 is 10.6 Å². The lowest BCUT2D eigenvalue weighted by atomic mass is 9.96. The van der Waals surface area contributed by atoms with Crippen molar-refractivity contribution in [2.75, 3.05) is 26.2 Å². The molecule has 1 fully saturated rings. The summed E-state index contributed by atoms with van der Waals surface area (Å²) in [5.74, 6) is -0.196. The fraction of sp³-hybridized carbons (Fsp3) is 0.600. The first-order valence-corrected chi connectivity index (χ1v) is 9.21. The molecule has 2 rings (SSSR count). The van der Waals surface area contributed by atoms with E-state index in [4.69, 9.17) is 0 Å². The van der Waals surface area contributed by atoms with Crippen LogP contribution in [0.15, 0.2) is 18.2 Å². The number of benzene rings is 1. The predicted octanol–water partition coefficient (Wildman–Crippen LogP) is 2.49. The van der Waals surface area contributed by atoms with Crippen LogP contribution in [0.25, 0.3) is 0 Å². The molecule has 6 heteroatoms. The molecular formula is C20H30FN3O2. The molecule has 0 aromatic heterocycles. The molecule has 1 saturated heterocycles. The van der Waals surface area contributed by atoms with Gasteiger partial charge in [-0.2, -0.15) is 0 Å². The van der Waals surface area contributed by atoms with Crippen LogP contribution in [-0.4, -0.2) is 48.4 Å². The third-order valence-corrected chi connectivity index (χ3v) is 4.44. The topological polar surface area (TPSA) is 61.4 Å². The highest BCUT2D eigenvalue weighted by Crippen LogP contribution is 2.17. The van der Waals surface area contributed by atoms with Crippen molar-refractivity contribution >= 4 is 11.8 Å². The van der Waals surface area contributed by atoms with E-state index in [1.54, 1.807) is 13.0 Å². The molecule has 144 valence electrons. The summed E-state index contributed by atoms with van der Waals surface area (Å²) in [5.41, 5.74) is 0.880. The number of likely N-dealkylation sites (tertiary alicyclic amines) is 1. The third-order valence-electron chi connectivity index (χ3n) is 4.44. The van der Waals surface area contributed by atoms with E-state index in [1.807, 2.05) is 20.8 Å². The maximum absolute atomic E-state index is 13.4. The fourth-order valence-electron chi connectivity index (χ4n) is 3.22. The monoisotopic (exact) mass is 363 g/mol. The van der Waals surface area contributed by atoms with Crippen LogP contribution in [-0.2, 0) is 4.79 Å². The highest BCUT2D eigenvalue weighted by molar-refractivity contribution is 5.94. The Morgan fingerprint density at radius 2 is 1.85 bits per heavy atom. The fourth-order valence-corrected chi connectivity index (χ4v) is 3.22. The number of amides is 2. The van der Waals surface area contributed by atoms with Crippen molar-refractivity contribution in [1.82, 2.24) is 15.5 Å². The molecule has 0 atom stereocenters. The molecule has 0 bridgehead atoms. The Bertz CT molecular complexity index is 627. The molecule has 2 amide bonds. The van der Waals surface area contributed by atoms with Crippen LogP contribution in [0.1, 0.15) is 49.5 Å². The number of nitrogens with one attached hydrogen (secondary N) is 2. The van der Waals surface area contributed by atoms with Gasteiger partial charge in [0.25, 0.3) is 5.91 Å². The van der Waals surface area contributed by atoms with E-state index in [2.05, 4.69) is 15.5 Å². The van der Waals surface area contributed by atoms with Gasteiger partial charge in [0, 0.05) is 17.6 Å². The standard InChI is InChI=1S/C20H30FN3O2/c1-14-9-16(11-17(21)10-14)19(26)22-12-15-5-7-24(8-6-15)13-18(25)23-20(2,3)4/h9-11,15H,5-8,12-13H2,1-4H3,(H,22,26)(H,23,25). The van der Waals surface area contributed by atoms with Gasteiger partial charge in [-0.1, -0.05) is 0 Å². The van der Waals surface area contributed by atoms with Gasteiger partial charge in [-0.05, 0) is 83.3 Å². The summed E-state index contributed by atoms with van der Waals surface area (Å²) in [7, 11) is 0. The smallest absolute Gasteiger partial charge is 0.251 e. The molecule has 1 aliphatic rings. The van der Waals surface area contributed by atoms with E-state index in [0.29, 0.717) is 24.6 Å². The molecule has 0 spiro atoms. The van der Waals surface area contributed by atoms with E-state index in [-0.39, 0.29) is 17.4 Å². The minimum Gasteiger partial charge on any atom is -0.352 e. The van der Waals surface area contributed by atoms with Crippen molar-refractivity contribution in [1.29, 1.82) is 0 Å². The molecule has 5 nitrogen and oxygen atoms in total. The molecule has 1 aromatic rings. The lowest BCUT2D eigenvalue weighted by Gasteiger charge is -2.32. The molecule has 2 N–H and O–H groups in total. The van der Waals surface area contributed by atoms with Crippen molar-refractivity contribution < 1.29 is 14.0 Å². The Hall–Kier alpha value is -1.95. The molecule has 26 heavy (non-hydrogen) atoms. The van der Waals surface area contributed by atoms with Crippen LogP contribution in [0, 0.1) is 18.7 Å². The molecule has 0 radical (unpaired) electrons. The summed E-state index contributed by atoms with van der Waals surface area (Å²) in [6.07, 6.45) is 1.87. The highest BCUT2D eigenvalue weighted by Gasteiger charge is 2.23. The summed E-state index contributed by atoms with van der Waals surface area (Å²) >= 11 is 0. The average molecular weight is 363 g/mol. The number of rotatable bonds is 5. The van der Waals surface area contributed by atoms with Gasteiger partial charge in [0.2, 0.25) is 5.91 Å². The number of carbonyl (C=O) groups excluding carboxylic acids is 2. The van der Waals surface area contributed by atoms with Gasteiger partial charge in [-0.15, -0.1) is 0 Å². The van der Waals surface area contributed by atoms with Crippen molar-refractivity contribution in [2.24, 2.45) is 5.92 Å². The van der Waals surface area contributed by atoms with Crippen molar-refractivity contribution in [3.63, 3.8) is 0 Å². The van der Waals surface area contributed by atoms with Crippen molar-refractivity contribution in [3.05, 3.63) is 35.1 Å². The van der Waals surface area contributed by atoms with Crippen LogP contribution in [0.3, 0.4) is 0 Å². The number of nitrogens with zero attached hydrogens (tertiary/aromatic N) is 1. The molecular weight excluding hydrogens is 333 g/mol. The highest BCUT2D eigenvalue weighted by atomic mass is 19.1. The summed E-state index contributed by atoms with van der Waals surface area (Å²) in [4.78, 5) is 26.3. The maximum atomic E-state index is 13.4. The Morgan fingerprint density at radius 1 is 1.19 bits per heavy atom. The van der Waals surface area contributed by atoms with Crippen molar-refractivity contribution in [2.45, 2.75) is 46.1 Å². The zero-order chi connectivity index (χ0) is 19.3. The van der Waals surface area contributed by atoms with E-state index >= 15 is 0 Å². The third kappa shape index (κ3) is 6.75. The summed E-state index contributed by atoms with van der Waals surface area (Å²) in [5, 5.41) is 5.88. The number of carbonyl (C=O) groups is 2. The predicted molar refractivity (Wildman–Crippen MR) is 101 cm³/mol. The van der Waals surface area contributed by atoms with Crippen LogP contribution in [0.4, 0.5) is 4.39 Å². The van der Waals surface area contributed by atoms with E-state index in [1.165, 1.54) is 12.1 Å². The van der Waals surface area contributed by atoms with E-state index in [0.717, 1.165) is 31.5 Å². The number of hydrogen-bond donors (Lipinski definition) is 2. The van der Waals surface area contributed by atoms with Gasteiger partial charge in [-0.3, -0.25) is 14.5 Å².